The number of rotatable bonds is 0. The van der Waals surface area contributed by atoms with E-state index in [1.807, 2.05) is 0 Å². The summed E-state index contributed by atoms with van der Waals surface area (Å²) in [6.07, 6.45) is 6.15. The standard InChI is InChI=1S/C11H19NO2/c1-2-10(4-5-12-9-10)8-11(3-1)13-6-7-14-11/h12H,1-9H2/t10-/m1/s1. The third-order valence-electron chi connectivity index (χ3n) is 4.05. The Balaban J connectivity index is 1.77. The molecule has 80 valence electrons. The van der Waals surface area contributed by atoms with Crippen LogP contribution in [0.4, 0.5) is 0 Å². The van der Waals surface area contributed by atoms with Crippen molar-refractivity contribution in [2.45, 2.75) is 37.9 Å². The van der Waals surface area contributed by atoms with Gasteiger partial charge in [0.15, 0.2) is 5.79 Å². The van der Waals surface area contributed by atoms with Gasteiger partial charge in [-0.2, -0.15) is 0 Å². The largest absolute Gasteiger partial charge is 0.348 e. The van der Waals surface area contributed by atoms with Crippen molar-refractivity contribution in [3.63, 3.8) is 0 Å². The minimum absolute atomic E-state index is 0.190. The van der Waals surface area contributed by atoms with Gasteiger partial charge in [0.1, 0.15) is 0 Å². The first-order valence-corrected chi connectivity index (χ1v) is 5.81. The van der Waals surface area contributed by atoms with E-state index < -0.39 is 0 Å². The number of hydrogen-bond donors (Lipinski definition) is 1. The first kappa shape index (κ1) is 9.13. The van der Waals surface area contributed by atoms with Gasteiger partial charge in [-0.25, -0.2) is 0 Å². The topological polar surface area (TPSA) is 30.5 Å². The maximum atomic E-state index is 5.82. The lowest BCUT2D eigenvalue weighted by Crippen LogP contribution is -2.43. The van der Waals surface area contributed by atoms with Gasteiger partial charge in [0.25, 0.3) is 0 Å². The highest BCUT2D eigenvalue weighted by molar-refractivity contribution is 4.97. The predicted octanol–water partition coefficient (Wildman–Crippen LogP) is 1.28. The first-order valence-electron chi connectivity index (χ1n) is 5.81. The number of nitrogens with one attached hydrogen (secondary N) is 1. The van der Waals surface area contributed by atoms with Crippen LogP contribution in [0.3, 0.4) is 0 Å². The fourth-order valence-electron chi connectivity index (χ4n) is 3.38. The van der Waals surface area contributed by atoms with E-state index in [-0.39, 0.29) is 5.79 Å². The molecule has 2 spiro atoms. The lowest BCUT2D eigenvalue weighted by Gasteiger charge is -2.42. The summed E-state index contributed by atoms with van der Waals surface area (Å²) in [4.78, 5) is 0. The van der Waals surface area contributed by atoms with Crippen LogP contribution in [0.15, 0.2) is 0 Å². The lowest BCUT2D eigenvalue weighted by atomic mass is 9.71. The molecule has 0 aromatic heterocycles. The van der Waals surface area contributed by atoms with Gasteiger partial charge in [0, 0.05) is 19.4 Å². The van der Waals surface area contributed by atoms with Crippen LogP contribution in [0.5, 0.6) is 0 Å². The van der Waals surface area contributed by atoms with E-state index in [4.69, 9.17) is 9.47 Å². The van der Waals surface area contributed by atoms with E-state index in [0.717, 1.165) is 26.1 Å². The van der Waals surface area contributed by atoms with Crippen molar-refractivity contribution in [3.05, 3.63) is 0 Å². The molecule has 0 aromatic rings. The molecule has 3 nitrogen and oxygen atoms in total. The molecule has 1 saturated carbocycles. The summed E-state index contributed by atoms with van der Waals surface area (Å²) in [6, 6.07) is 0. The van der Waals surface area contributed by atoms with Crippen LogP contribution < -0.4 is 5.32 Å². The monoisotopic (exact) mass is 197 g/mol. The summed E-state index contributed by atoms with van der Waals surface area (Å²) in [5, 5.41) is 3.48. The molecule has 14 heavy (non-hydrogen) atoms. The molecule has 3 heteroatoms. The highest BCUT2D eigenvalue weighted by Crippen LogP contribution is 2.48. The van der Waals surface area contributed by atoms with Crippen molar-refractivity contribution in [1.29, 1.82) is 0 Å². The highest BCUT2D eigenvalue weighted by Gasteiger charge is 2.49. The van der Waals surface area contributed by atoms with Crippen LogP contribution in [-0.2, 0) is 9.47 Å². The van der Waals surface area contributed by atoms with Gasteiger partial charge in [-0.15, -0.1) is 0 Å². The van der Waals surface area contributed by atoms with Crippen molar-refractivity contribution in [3.8, 4) is 0 Å². The van der Waals surface area contributed by atoms with E-state index in [1.165, 1.54) is 32.4 Å². The summed E-state index contributed by atoms with van der Waals surface area (Å²) in [5.41, 5.74) is 0.489. The molecule has 1 aliphatic carbocycles. The molecule has 0 unspecified atom stereocenters. The molecule has 3 fully saturated rings. The van der Waals surface area contributed by atoms with Crippen LogP contribution in [0.25, 0.3) is 0 Å². The van der Waals surface area contributed by atoms with E-state index in [0.29, 0.717) is 5.41 Å². The molecular weight excluding hydrogens is 178 g/mol. The van der Waals surface area contributed by atoms with E-state index in [9.17, 15) is 0 Å². The van der Waals surface area contributed by atoms with Crippen LogP contribution in [0.1, 0.15) is 32.1 Å². The fourth-order valence-corrected chi connectivity index (χ4v) is 3.38. The zero-order valence-corrected chi connectivity index (χ0v) is 8.68. The maximum absolute atomic E-state index is 5.82. The quantitative estimate of drug-likeness (QED) is 0.634. The molecule has 0 amide bonds. The number of hydrogen-bond acceptors (Lipinski definition) is 3. The van der Waals surface area contributed by atoms with Crippen LogP contribution in [0.2, 0.25) is 0 Å². The Kier molecular flexibility index (Phi) is 2.08. The average molecular weight is 197 g/mol. The summed E-state index contributed by atoms with van der Waals surface area (Å²) in [6.45, 7) is 3.94. The van der Waals surface area contributed by atoms with Crippen molar-refractivity contribution < 1.29 is 9.47 Å². The third kappa shape index (κ3) is 1.38. The Morgan fingerprint density at radius 2 is 1.86 bits per heavy atom. The minimum atomic E-state index is -0.190. The van der Waals surface area contributed by atoms with Crippen molar-refractivity contribution in [1.82, 2.24) is 5.32 Å². The van der Waals surface area contributed by atoms with Crippen LogP contribution in [0, 0.1) is 5.41 Å². The normalized spacial score (nSPS) is 41.1. The third-order valence-corrected chi connectivity index (χ3v) is 4.05. The Bertz CT molecular complexity index is 195. The Labute approximate surface area is 85.1 Å². The average Bonchev–Trinajstić information content (AvgIpc) is 2.77. The second kappa shape index (κ2) is 3.19. The number of ether oxygens (including phenoxy) is 2. The van der Waals surface area contributed by atoms with Gasteiger partial charge in [-0.05, 0) is 31.2 Å². The lowest BCUT2D eigenvalue weighted by molar-refractivity contribution is -0.199. The molecular formula is C11H19NO2. The highest BCUT2D eigenvalue weighted by atomic mass is 16.7. The molecule has 3 aliphatic rings. The first-order chi connectivity index (χ1) is 6.83. The molecule has 2 saturated heterocycles. The minimum Gasteiger partial charge on any atom is -0.348 e. The molecule has 1 atom stereocenters. The van der Waals surface area contributed by atoms with Crippen LogP contribution in [-0.4, -0.2) is 32.1 Å². The summed E-state index contributed by atoms with van der Waals surface area (Å²) >= 11 is 0. The molecule has 2 aliphatic heterocycles. The fraction of sp³-hybridized carbons (Fsp3) is 1.00. The van der Waals surface area contributed by atoms with E-state index in [1.54, 1.807) is 0 Å². The van der Waals surface area contributed by atoms with Crippen molar-refractivity contribution in [2.24, 2.45) is 5.41 Å². The zero-order chi connectivity index (χ0) is 9.49. The van der Waals surface area contributed by atoms with Gasteiger partial charge < -0.3 is 14.8 Å². The second-order valence-corrected chi connectivity index (χ2v) is 5.06. The second-order valence-electron chi connectivity index (χ2n) is 5.06. The molecule has 0 aromatic carbocycles. The van der Waals surface area contributed by atoms with Gasteiger partial charge in [-0.3, -0.25) is 0 Å². The van der Waals surface area contributed by atoms with Crippen LogP contribution >= 0.6 is 0 Å². The molecule has 2 heterocycles. The van der Waals surface area contributed by atoms with Gasteiger partial charge >= 0.3 is 0 Å². The van der Waals surface area contributed by atoms with Crippen molar-refractivity contribution in [2.75, 3.05) is 26.3 Å². The molecule has 0 bridgehead atoms. The molecule has 1 N–H and O–H groups in total. The van der Waals surface area contributed by atoms with Crippen molar-refractivity contribution >= 4 is 0 Å². The molecule has 0 radical (unpaired) electrons. The molecule has 3 rings (SSSR count). The van der Waals surface area contributed by atoms with Gasteiger partial charge in [-0.1, -0.05) is 0 Å². The van der Waals surface area contributed by atoms with Gasteiger partial charge in [0.05, 0.1) is 13.2 Å². The summed E-state index contributed by atoms with van der Waals surface area (Å²) < 4.78 is 11.6. The Morgan fingerprint density at radius 1 is 1.00 bits per heavy atom. The van der Waals surface area contributed by atoms with E-state index >= 15 is 0 Å². The van der Waals surface area contributed by atoms with Gasteiger partial charge in [0.2, 0.25) is 0 Å². The Morgan fingerprint density at radius 3 is 2.57 bits per heavy atom. The smallest absolute Gasteiger partial charge is 0.169 e. The van der Waals surface area contributed by atoms with E-state index in [2.05, 4.69) is 5.32 Å². The predicted molar refractivity (Wildman–Crippen MR) is 53.0 cm³/mol. The SMILES string of the molecule is C1CC2(C[C@@]3(C1)CCNC3)OCCO2. The summed E-state index contributed by atoms with van der Waals surface area (Å²) in [5.74, 6) is -0.190. The maximum Gasteiger partial charge on any atom is 0.169 e. The Hall–Kier alpha value is -0.120. The zero-order valence-electron chi connectivity index (χ0n) is 8.68. The summed E-state index contributed by atoms with van der Waals surface area (Å²) in [7, 11) is 0.